The zero-order valence-corrected chi connectivity index (χ0v) is 17.0. The van der Waals surface area contributed by atoms with Crippen LogP contribution in [-0.4, -0.2) is 29.8 Å². The first-order valence-electron chi connectivity index (χ1n) is 9.99. The summed E-state index contributed by atoms with van der Waals surface area (Å²) in [5, 5.41) is 0. The molecule has 0 unspecified atom stereocenters. The molecule has 2 aromatic carbocycles. The molecule has 2 nitrogen and oxygen atoms in total. The average Bonchev–Trinajstić information content (AvgIpc) is 3.03. The van der Waals surface area contributed by atoms with Crippen molar-refractivity contribution in [3.8, 4) is 0 Å². The molecule has 2 aliphatic rings. The van der Waals surface area contributed by atoms with E-state index in [2.05, 4.69) is 0 Å². The van der Waals surface area contributed by atoms with Crippen molar-refractivity contribution >= 4 is 17.9 Å². The van der Waals surface area contributed by atoms with Gasteiger partial charge in [-0.25, -0.2) is 0 Å². The van der Waals surface area contributed by atoms with E-state index in [0.29, 0.717) is 35.1 Å². The van der Waals surface area contributed by atoms with E-state index in [1.54, 1.807) is 12.2 Å². The number of piperidine rings is 1. The van der Waals surface area contributed by atoms with Crippen molar-refractivity contribution in [3.05, 3.63) is 81.9 Å². The fourth-order valence-electron chi connectivity index (χ4n) is 4.38. The molecule has 168 valence electrons. The molecule has 32 heavy (non-hydrogen) atoms. The number of likely N-dealkylation sites (N-methyl/N-ethyl adjacent to an activating group) is 1. The van der Waals surface area contributed by atoms with Gasteiger partial charge < -0.3 is 0 Å². The maximum atomic E-state index is 13.3. The van der Waals surface area contributed by atoms with Gasteiger partial charge in [0.15, 0.2) is 5.78 Å². The van der Waals surface area contributed by atoms with Crippen LogP contribution in [0.1, 0.15) is 35.1 Å². The Morgan fingerprint density at radius 2 is 1.06 bits per heavy atom. The minimum atomic E-state index is -4.44. The number of hydrogen-bond acceptors (Lipinski definition) is 2. The number of Topliss-reactive ketones (excluding diaryl/α,β-unsaturated/α-hetero) is 1. The van der Waals surface area contributed by atoms with Gasteiger partial charge in [0.2, 0.25) is 0 Å². The highest BCUT2D eigenvalue weighted by atomic mass is 19.4. The lowest BCUT2D eigenvalue weighted by molar-refractivity contribution is -0.138. The van der Waals surface area contributed by atoms with E-state index in [4.69, 9.17) is 0 Å². The third kappa shape index (κ3) is 4.24. The molecule has 2 atom stereocenters. The number of carbonyl (C=O) groups excluding carboxylic acids is 1. The summed E-state index contributed by atoms with van der Waals surface area (Å²) in [7, 11) is 1.87. The monoisotopic (exact) mass is 451 g/mol. The lowest BCUT2D eigenvalue weighted by atomic mass is 9.88. The lowest BCUT2D eigenvalue weighted by Crippen LogP contribution is -2.43. The molecule has 0 aliphatic carbocycles. The third-order valence-corrected chi connectivity index (χ3v) is 6.06. The molecular weight excluding hydrogens is 432 g/mol. The Morgan fingerprint density at radius 3 is 1.38 bits per heavy atom. The molecule has 0 amide bonds. The SMILES string of the molecule is CN1[C@H]2CC[C@H]1/C(=C\c1ccc(C(F)(F)F)cc1)C(=O)/C2=C/c1ccc(C(F)(F)F)cc1. The number of fused-ring (bicyclic) bond motifs is 2. The molecule has 2 bridgehead atoms. The Kier molecular flexibility index (Phi) is 5.53. The molecule has 2 fully saturated rings. The van der Waals surface area contributed by atoms with Gasteiger partial charge in [-0.15, -0.1) is 0 Å². The van der Waals surface area contributed by atoms with Gasteiger partial charge in [0, 0.05) is 23.2 Å². The van der Waals surface area contributed by atoms with E-state index < -0.39 is 23.5 Å². The van der Waals surface area contributed by atoms with Crippen LogP contribution in [0.3, 0.4) is 0 Å². The van der Waals surface area contributed by atoms with Crippen LogP contribution in [0.25, 0.3) is 12.2 Å². The zero-order valence-electron chi connectivity index (χ0n) is 17.0. The first kappa shape index (κ1) is 22.3. The van der Waals surface area contributed by atoms with E-state index in [1.165, 1.54) is 24.3 Å². The summed E-state index contributed by atoms with van der Waals surface area (Å²) in [5.74, 6) is -0.226. The second-order valence-electron chi connectivity index (χ2n) is 8.04. The van der Waals surface area contributed by atoms with Gasteiger partial charge in [-0.05, 0) is 67.4 Å². The highest BCUT2D eigenvalue weighted by Gasteiger charge is 2.44. The quantitative estimate of drug-likeness (QED) is 0.398. The molecule has 2 saturated heterocycles. The fraction of sp³-hybridized carbons (Fsp3) is 0.292. The molecule has 2 aromatic rings. The number of benzene rings is 2. The third-order valence-electron chi connectivity index (χ3n) is 6.06. The molecule has 0 N–H and O–H groups in total. The van der Waals surface area contributed by atoms with Crippen LogP contribution in [0.15, 0.2) is 59.7 Å². The molecule has 2 aliphatic heterocycles. The number of hydrogen-bond donors (Lipinski definition) is 0. The van der Waals surface area contributed by atoms with E-state index in [-0.39, 0.29) is 17.9 Å². The highest BCUT2D eigenvalue weighted by Crippen LogP contribution is 2.40. The predicted molar refractivity (Wildman–Crippen MR) is 108 cm³/mol. The standard InChI is InChI=1S/C24H19F6NO/c1-31-20-10-11-21(31)19(13-15-4-8-17(9-5-15)24(28,29)30)22(32)18(20)12-14-2-6-16(7-3-14)23(25,26)27/h2-9,12-13,20-21H,10-11H2,1H3/b18-12+,19-13+/t20-,21-/m0/s1. The van der Waals surface area contributed by atoms with Crippen molar-refractivity contribution in [2.75, 3.05) is 7.05 Å². The summed E-state index contributed by atoms with van der Waals surface area (Å²) in [6.07, 6.45) is -4.25. The number of nitrogens with zero attached hydrogens (tertiary/aromatic N) is 1. The minimum absolute atomic E-state index is 0.153. The van der Waals surface area contributed by atoms with Gasteiger partial charge in [-0.1, -0.05) is 24.3 Å². The number of alkyl halides is 6. The van der Waals surface area contributed by atoms with Crippen LogP contribution in [0.5, 0.6) is 0 Å². The van der Waals surface area contributed by atoms with Gasteiger partial charge in [0.25, 0.3) is 0 Å². The molecule has 8 heteroatoms. The van der Waals surface area contributed by atoms with Gasteiger partial charge in [0.05, 0.1) is 11.1 Å². The van der Waals surface area contributed by atoms with Gasteiger partial charge in [-0.3, -0.25) is 9.69 Å². The van der Waals surface area contributed by atoms with Crippen LogP contribution < -0.4 is 0 Å². The van der Waals surface area contributed by atoms with Crippen molar-refractivity contribution < 1.29 is 31.1 Å². The Hall–Kier alpha value is -2.87. The molecule has 4 rings (SSSR count). The summed E-state index contributed by atoms with van der Waals surface area (Å²) < 4.78 is 76.9. The lowest BCUT2D eigenvalue weighted by Gasteiger charge is -2.34. The Bertz CT molecular complexity index is 992. The van der Waals surface area contributed by atoms with Gasteiger partial charge in [-0.2, -0.15) is 26.3 Å². The van der Waals surface area contributed by atoms with Crippen LogP contribution in [-0.2, 0) is 17.1 Å². The number of halogens is 6. The molecule has 0 radical (unpaired) electrons. The highest BCUT2D eigenvalue weighted by molar-refractivity contribution is 6.16. The Morgan fingerprint density at radius 1 is 0.719 bits per heavy atom. The Balaban J connectivity index is 1.68. The van der Waals surface area contributed by atoms with E-state index in [1.807, 2.05) is 11.9 Å². The van der Waals surface area contributed by atoms with Gasteiger partial charge in [0.1, 0.15) is 0 Å². The number of rotatable bonds is 2. The summed E-state index contributed by atoms with van der Waals surface area (Å²) >= 11 is 0. The maximum absolute atomic E-state index is 13.3. The molecule has 0 saturated carbocycles. The molecular formula is C24H19F6NO. The van der Waals surface area contributed by atoms with Crippen LogP contribution in [0.4, 0.5) is 26.3 Å². The second-order valence-corrected chi connectivity index (χ2v) is 8.04. The average molecular weight is 451 g/mol. The summed E-state index contributed by atoms with van der Waals surface area (Å²) in [6.45, 7) is 0. The van der Waals surface area contributed by atoms with Crippen molar-refractivity contribution in [2.45, 2.75) is 37.3 Å². The summed E-state index contributed by atoms with van der Waals surface area (Å²) in [5.41, 5.74) is 0.368. The van der Waals surface area contributed by atoms with Crippen molar-refractivity contribution in [3.63, 3.8) is 0 Å². The summed E-state index contributed by atoms with van der Waals surface area (Å²) in [4.78, 5) is 15.3. The van der Waals surface area contributed by atoms with E-state index in [9.17, 15) is 31.1 Å². The van der Waals surface area contributed by atoms with Crippen LogP contribution in [0.2, 0.25) is 0 Å². The molecule has 0 aromatic heterocycles. The Labute approximate surface area is 180 Å². The van der Waals surface area contributed by atoms with Crippen molar-refractivity contribution in [1.29, 1.82) is 0 Å². The largest absolute Gasteiger partial charge is 0.416 e. The van der Waals surface area contributed by atoms with Crippen LogP contribution in [0, 0.1) is 0 Å². The normalized spacial score (nSPS) is 24.5. The fourth-order valence-corrected chi connectivity index (χ4v) is 4.38. The smallest absolute Gasteiger partial charge is 0.292 e. The predicted octanol–water partition coefficient (Wildman–Crippen LogP) is 6.24. The van der Waals surface area contributed by atoms with E-state index >= 15 is 0 Å². The zero-order chi connectivity index (χ0) is 23.3. The van der Waals surface area contributed by atoms with Crippen molar-refractivity contribution in [2.24, 2.45) is 0 Å². The summed E-state index contributed by atoms with van der Waals surface area (Å²) in [6, 6.07) is 8.87. The number of ketones is 1. The topological polar surface area (TPSA) is 20.3 Å². The van der Waals surface area contributed by atoms with E-state index in [0.717, 1.165) is 24.3 Å². The first-order chi connectivity index (χ1) is 14.9. The maximum Gasteiger partial charge on any atom is 0.416 e. The van der Waals surface area contributed by atoms with Gasteiger partial charge >= 0.3 is 12.4 Å². The first-order valence-corrected chi connectivity index (χ1v) is 9.99. The minimum Gasteiger partial charge on any atom is -0.292 e. The number of carbonyl (C=O) groups is 1. The van der Waals surface area contributed by atoms with Crippen molar-refractivity contribution in [1.82, 2.24) is 4.90 Å². The molecule has 0 spiro atoms. The molecule has 2 heterocycles. The second kappa shape index (κ2) is 7.92. The van der Waals surface area contributed by atoms with Crippen LogP contribution >= 0.6 is 0 Å².